The van der Waals surface area contributed by atoms with E-state index in [-0.39, 0.29) is 12.5 Å². The van der Waals surface area contributed by atoms with Gasteiger partial charge in [0.25, 0.3) is 5.91 Å². The number of aromatic nitrogens is 1. The van der Waals surface area contributed by atoms with Gasteiger partial charge in [-0.15, -0.1) is 0 Å². The lowest BCUT2D eigenvalue weighted by molar-refractivity contribution is -0.110. The van der Waals surface area contributed by atoms with Crippen molar-refractivity contribution in [3.63, 3.8) is 0 Å². The quantitative estimate of drug-likeness (QED) is 0.583. The van der Waals surface area contributed by atoms with Gasteiger partial charge in [-0.05, 0) is 61.6 Å². The number of hydrogen-bond donors (Lipinski definition) is 3. The first-order valence-electron chi connectivity index (χ1n) is 8.37. The topological polar surface area (TPSA) is 74.4 Å². The summed E-state index contributed by atoms with van der Waals surface area (Å²) in [6, 6.07) is 3.95. The average molecular weight is 356 g/mol. The zero-order valence-electron chi connectivity index (χ0n) is 14.2. The number of carbonyl (C=O) groups is 1. The predicted molar refractivity (Wildman–Crippen MR) is 99.5 cm³/mol. The van der Waals surface area contributed by atoms with Crippen LogP contribution in [0.15, 0.2) is 17.0 Å². The molecule has 0 radical (unpaired) electrons. The van der Waals surface area contributed by atoms with Crippen LogP contribution in [0.5, 0.6) is 0 Å². The smallest absolute Gasteiger partial charge is 0.256 e. The highest BCUT2D eigenvalue weighted by molar-refractivity contribution is 7.94. The summed E-state index contributed by atoms with van der Waals surface area (Å²) in [6.45, 7) is 4.79. The lowest BCUT2D eigenvalue weighted by Crippen LogP contribution is -2.06. The summed E-state index contributed by atoms with van der Waals surface area (Å²) in [4.78, 5) is 17.0. The Bertz CT molecular complexity index is 899. The summed E-state index contributed by atoms with van der Waals surface area (Å²) in [5.74, 6) is -0.0738. The van der Waals surface area contributed by atoms with E-state index in [2.05, 4.69) is 10.3 Å². The zero-order valence-corrected chi connectivity index (χ0v) is 15.0. The lowest BCUT2D eigenvalue weighted by Gasteiger charge is -2.18. The third kappa shape index (κ3) is 2.70. The van der Waals surface area contributed by atoms with Crippen LogP contribution in [0.3, 0.4) is 0 Å². The van der Waals surface area contributed by atoms with Gasteiger partial charge in [0.2, 0.25) is 0 Å². The molecule has 6 heteroatoms. The molecule has 3 heterocycles. The second-order valence-electron chi connectivity index (χ2n) is 6.37. The molecule has 130 valence electrons. The van der Waals surface area contributed by atoms with Crippen molar-refractivity contribution in [3.8, 4) is 0 Å². The molecule has 1 aromatic carbocycles. The van der Waals surface area contributed by atoms with Gasteiger partial charge in [0.05, 0.1) is 12.2 Å². The van der Waals surface area contributed by atoms with Gasteiger partial charge in [0, 0.05) is 46.2 Å². The molecule has 0 spiro atoms. The molecule has 3 N–H and O–H groups in total. The first-order chi connectivity index (χ1) is 12.1. The standard InChI is InChI=1S/C19H20N2O3S/c1-10-12(5-7-22)11(2)20-16(10)9-14-18-13-6-8-24-25-17(13)4-3-15(18)21-19(14)23/h3-4,9,20,22H,5-8H2,1-2H3,(H,21,23)/b14-9-. The van der Waals surface area contributed by atoms with Gasteiger partial charge in [-0.25, -0.2) is 0 Å². The number of benzene rings is 1. The number of fused-ring (bicyclic) bond motifs is 3. The molecule has 25 heavy (non-hydrogen) atoms. The molecule has 0 unspecified atom stereocenters. The third-order valence-electron chi connectivity index (χ3n) is 4.90. The maximum atomic E-state index is 12.6. The van der Waals surface area contributed by atoms with Crippen LogP contribution >= 0.6 is 12.0 Å². The van der Waals surface area contributed by atoms with Crippen LogP contribution < -0.4 is 5.32 Å². The molecule has 2 aliphatic rings. The van der Waals surface area contributed by atoms with Crippen molar-refractivity contribution < 1.29 is 14.1 Å². The van der Waals surface area contributed by atoms with E-state index in [9.17, 15) is 9.90 Å². The summed E-state index contributed by atoms with van der Waals surface area (Å²) in [5, 5.41) is 12.2. The van der Waals surface area contributed by atoms with Crippen molar-refractivity contribution in [2.24, 2.45) is 0 Å². The Kier molecular flexibility index (Phi) is 4.19. The largest absolute Gasteiger partial charge is 0.396 e. The number of aliphatic hydroxyl groups is 1. The van der Waals surface area contributed by atoms with Crippen LogP contribution in [0.4, 0.5) is 5.69 Å². The number of H-pyrrole nitrogens is 1. The van der Waals surface area contributed by atoms with E-state index in [4.69, 9.17) is 4.18 Å². The van der Waals surface area contributed by atoms with Crippen molar-refractivity contribution in [1.82, 2.24) is 4.98 Å². The minimum Gasteiger partial charge on any atom is -0.396 e. The van der Waals surface area contributed by atoms with Crippen LogP contribution in [0, 0.1) is 13.8 Å². The average Bonchev–Trinajstić information content (AvgIpc) is 3.07. The number of aliphatic hydroxyl groups excluding tert-OH is 1. The number of carbonyl (C=O) groups excluding carboxylic acids is 1. The number of amides is 1. The van der Waals surface area contributed by atoms with Crippen molar-refractivity contribution in [3.05, 3.63) is 45.8 Å². The van der Waals surface area contributed by atoms with Gasteiger partial charge in [0.1, 0.15) is 0 Å². The number of anilines is 1. The summed E-state index contributed by atoms with van der Waals surface area (Å²) in [5.41, 5.74) is 7.90. The Morgan fingerprint density at radius 2 is 2.20 bits per heavy atom. The summed E-state index contributed by atoms with van der Waals surface area (Å²) in [7, 11) is 0. The molecule has 0 saturated heterocycles. The van der Waals surface area contributed by atoms with Gasteiger partial charge in [0.15, 0.2) is 0 Å². The van der Waals surface area contributed by atoms with Crippen molar-refractivity contribution in [1.29, 1.82) is 0 Å². The second-order valence-corrected chi connectivity index (χ2v) is 7.22. The van der Waals surface area contributed by atoms with E-state index in [0.29, 0.717) is 18.6 Å². The Morgan fingerprint density at radius 3 is 3.00 bits per heavy atom. The van der Waals surface area contributed by atoms with Crippen molar-refractivity contribution in [2.75, 3.05) is 18.5 Å². The van der Waals surface area contributed by atoms with Gasteiger partial charge in [-0.3, -0.25) is 4.79 Å². The highest BCUT2D eigenvalue weighted by atomic mass is 32.2. The summed E-state index contributed by atoms with van der Waals surface area (Å²) in [6.07, 6.45) is 3.35. The lowest BCUT2D eigenvalue weighted by atomic mass is 9.96. The second kappa shape index (κ2) is 6.37. The number of hydrogen-bond acceptors (Lipinski definition) is 4. The summed E-state index contributed by atoms with van der Waals surface area (Å²) < 4.78 is 5.46. The van der Waals surface area contributed by atoms with E-state index in [1.165, 1.54) is 17.6 Å². The predicted octanol–water partition coefficient (Wildman–Crippen LogP) is 3.24. The Labute approximate surface area is 150 Å². The van der Waals surface area contributed by atoms with Crippen LogP contribution in [-0.2, 0) is 21.8 Å². The molecule has 1 aromatic heterocycles. The fraction of sp³-hybridized carbons (Fsp3) is 0.316. The third-order valence-corrected chi connectivity index (χ3v) is 5.74. The van der Waals surface area contributed by atoms with Crippen molar-refractivity contribution in [2.45, 2.75) is 31.6 Å². The first-order valence-corrected chi connectivity index (χ1v) is 9.12. The van der Waals surface area contributed by atoms with E-state index in [0.717, 1.165) is 45.1 Å². The monoisotopic (exact) mass is 356 g/mol. The molecule has 0 fully saturated rings. The van der Waals surface area contributed by atoms with Crippen LogP contribution in [-0.4, -0.2) is 29.2 Å². The fourth-order valence-corrected chi connectivity index (χ4v) is 4.37. The van der Waals surface area contributed by atoms with E-state index < -0.39 is 0 Å². The molecule has 0 saturated carbocycles. The maximum absolute atomic E-state index is 12.6. The molecular weight excluding hydrogens is 336 g/mol. The molecule has 0 atom stereocenters. The van der Waals surface area contributed by atoms with E-state index in [1.807, 2.05) is 32.1 Å². The van der Waals surface area contributed by atoms with Gasteiger partial charge < -0.3 is 19.6 Å². The van der Waals surface area contributed by atoms with Gasteiger partial charge in [-0.2, -0.15) is 0 Å². The molecule has 2 aliphatic heterocycles. The van der Waals surface area contributed by atoms with Gasteiger partial charge >= 0.3 is 0 Å². The van der Waals surface area contributed by atoms with Crippen LogP contribution in [0.25, 0.3) is 11.6 Å². The molecule has 0 bridgehead atoms. The van der Waals surface area contributed by atoms with E-state index in [1.54, 1.807) is 0 Å². The zero-order chi connectivity index (χ0) is 17.6. The molecular formula is C19H20N2O3S. The number of aryl methyl sites for hydroxylation is 1. The Balaban J connectivity index is 1.84. The minimum atomic E-state index is -0.0738. The highest BCUT2D eigenvalue weighted by Gasteiger charge is 2.30. The number of rotatable bonds is 3. The Morgan fingerprint density at radius 1 is 1.36 bits per heavy atom. The van der Waals surface area contributed by atoms with Gasteiger partial charge in [-0.1, -0.05) is 0 Å². The highest BCUT2D eigenvalue weighted by Crippen LogP contribution is 2.42. The van der Waals surface area contributed by atoms with Crippen molar-refractivity contribution >= 4 is 35.3 Å². The molecule has 0 aliphatic carbocycles. The number of nitrogens with one attached hydrogen (secondary N) is 2. The molecule has 4 rings (SSSR count). The minimum absolute atomic E-state index is 0.0738. The molecule has 5 nitrogen and oxygen atoms in total. The van der Waals surface area contributed by atoms with E-state index >= 15 is 0 Å². The van der Waals surface area contributed by atoms with Crippen LogP contribution in [0.1, 0.15) is 33.6 Å². The maximum Gasteiger partial charge on any atom is 0.256 e. The normalized spacial score (nSPS) is 17.6. The molecule has 2 aromatic rings. The Hall–Kier alpha value is -2.02. The first kappa shape index (κ1) is 16.4. The summed E-state index contributed by atoms with van der Waals surface area (Å²) >= 11 is 1.38. The molecule has 1 amide bonds. The fourth-order valence-electron chi connectivity index (χ4n) is 3.65. The SMILES string of the molecule is Cc1[nH]c(/C=C2\C(=O)Nc3ccc4c(c32)CCOS4)c(C)c1CCO. The number of aromatic amines is 1. The van der Waals surface area contributed by atoms with Crippen LogP contribution in [0.2, 0.25) is 0 Å².